The van der Waals surface area contributed by atoms with Crippen LogP contribution in [0, 0.1) is 5.92 Å². The molecule has 2 aliphatic heterocycles. The number of nitrogens with two attached hydrogens (primary N) is 1. The van der Waals surface area contributed by atoms with Crippen LogP contribution >= 0.6 is 0 Å². The topological polar surface area (TPSA) is 45.0 Å². The maximum atomic E-state index is 5.73. The first-order valence-corrected chi connectivity index (χ1v) is 8.23. The third-order valence-corrected chi connectivity index (χ3v) is 4.49. The molecular weight excluding hydrogens is 252 g/mol. The highest BCUT2D eigenvalue weighted by atomic mass is 16.5. The highest BCUT2D eigenvalue weighted by Gasteiger charge is 2.17. The van der Waals surface area contributed by atoms with Gasteiger partial charge in [0.2, 0.25) is 0 Å². The minimum absolute atomic E-state index is 0.620. The minimum atomic E-state index is 0.620. The van der Waals surface area contributed by atoms with E-state index in [0.717, 1.165) is 39.4 Å². The lowest BCUT2D eigenvalue weighted by atomic mass is 10.1. The quantitative estimate of drug-likeness (QED) is 0.739. The molecule has 2 fully saturated rings. The van der Waals surface area contributed by atoms with E-state index in [1.165, 1.54) is 45.7 Å². The number of ether oxygens (including phenoxy) is 1. The molecule has 2 heterocycles. The number of rotatable bonds is 6. The number of hydrogen-bond acceptors (Lipinski definition) is 5. The molecule has 0 aromatic heterocycles. The third-order valence-electron chi connectivity index (χ3n) is 4.49. The van der Waals surface area contributed by atoms with Crippen molar-refractivity contribution in [3.05, 3.63) is 0 Å². The van der Waals surface area contributed by atoms with Crippen molar-refractivity contribution in [3.63, 3.8) is 0 Å². The van der Waals surface area contributed by atoms with Crippen LogP contribution < -0.4 is 5.73 Å². The second-order valence-electron chi connectivity index (χ2n) is 6.29. The van der Waals surface area contributed by atoms with Gasteiger partial charge < -0.3 is 20.3 Å². The van der Waals surface area contributed by atoms with Crippen molar-refractivity contribution in [1.29, 1.82) is 0 Å². The smallest absolute Gasteiger partial charge is 0.0594 e. The van der Waals surface area contributed by atoms with Gasteiger partial charge >= 0.3 is 0 Å². The van der Waals surface area contributed by atoms with Gasteiger partial charge in [0.25, 0.3) is 0 Å². The van der Waals surface area contributed by atoms with Gasteiger partial charge in [0, 0.05) is 45.8 Å². The Hall–Kier alpha value is -0.200. The Labute approximate surface area is 124 Å². The Morgan fingerprint density at radius 1 is 0.900 bits per heavy atom. The lowest BCUT2D eigenvalue weighted by Crippen LogP contribution is -2.42. The minimum Gasteiger partial charge on any atom is -0.379 e. The maximum Gasteiger partial charge on any atom is 0.0594 e. The Kier molecular flexibility index (Phi) is 7.24. The van der Waals surface area contributed by atoms with E-state index in [1.54, 1.807) is 0 Å². The van der Waals surface area contributed by atoms with E-state index >= 15 is 0 Å². The van der Waals surface area contributed by atoms with Gasteiger partial charge in [-0.05, 0) is 32.0 Å². The SMILES string of the molecule is CC(CN)CN1CCCN(CCN2CCOCC2)CC1. The lowest BCUT2D eigenvalue weighted by Gasteiger charge is -2.29. The van der Waals surface area contributed by atoms with Crippen molar-refractivity contribution >= 4 is 0 Å². The normalized spacial score (nSPS) is 25.5. The zero-order valence-corrected chi connectivity index (χ0v) is 13.1. The summed E-state index contributed by atoms with van der Waals surface area (Å²) >= 11 is 0. The van der Waals surface area contributed by atoms with Gasteiger partial charge in [0.1, 0.15) is 0 Å². The second-order valence-corrected chi connectivity index (χ2v) is 6.29. The fourth-order valence-electron chi connectivity index (χ4n) is 3.05. The summed E-state index contributed by atoms with van der Waals surface area (Å²) in [6.45, 7) is 15.5. The van der Waals surface area contributed by atoms with Crippen LogP contribution in [0.5, 0.6) is 0 Å². The Morgan fingerprint density at radius 2 is 1.50 bits per heavy atom. The summed E-state index contributed by atoms with van der Waals surface area (Å²) in [6, 6.07) is 0. The fourth-order valence-corrected chi connectivity index (χ4v) is 3.05. The molecule has 5 nitrogen and oxygen atoms in total. The van der Waals surface area contributed by atoms with E-state index in [-0.39, 0.29) is 0 Å². The van der Waals surface area contributed by atoms with E-state index in [9.17, 15) is 0 Å². The van der Waals surface area contributed by atoms with Crippen molar-refractivity contribution in [2.45, 2.75) is 13.3 Å². The van der Waals surface area contributed by atoms with Crippen molar-refractivity contribution < 1.29 is 4.74 Å². The molecule has 20 heavy (non-hydrogen) atoms. The summed E-state index contributed by atoms with van der Waals surface area (Å²) < 4.78 is 5.40. The van der Waals surface area contributed by atoms with Crippen molar-refractivity contribution in [3.8, 4) is 0 Å². The first-order chi connectivity index (χ1) is 9.78. The van der Waals surface area contributed by atoms with Gasteiger partial charge in [-0.25, -0.2) is 0 Å². The highest BCUT2D eigenvalue weighted by Crippen LogP contribution is 2.06. The molecule has 2 rings (SSSR count). The standard InChI is InChI=1S/C15H32N4O/c1-15(13-16)14-19-4-2-3-17(7-8-19)5-6-18-9-11-20-12-10-18/h15H,2-14,16H2,1H3. The molecule has 118 valence electrons. The van der Waals surface area contributed by atoms with E-state index in [2.05, 4.69) is 21.6 Å². The molecule has 0 aliphatic carbocycles. The van der Waals surface area contributed by atoms with Crippen LogP contribution in [0.1, 0.15) is 13.3 Å². The van der Waals surface area contributed by atoms with Crippen LogP contribution in [0.2, 0.25) is 0 Å². The molecular formula is C15H32N4O. The van der Waals surface area contributed by atoms with Gasteiger partial charge in [0.15, 0.2) is 0 Å². The predicted molar refractivity (Wildman–Crippen MR) is 83.0 cm³/mol. The van der Waals surface area contributed by atoms with Crippen molar-refractivity contribution in [1.82, 2.24) is 14.7 Å². The summed E-state index contributed by atoms with van der Waals surface area (Å²) in [7, 11) is 0. The van der Waals surface area contributed by atoms with Crippen molar-refractivity contribution in [2.24, 2.45) is 11.7 Å². The van der Waals surface area contributed by atoms with Crippen LogP contribution in [0.15, 0.2) is 0 Å². The molecule has 0 aromatic carbocycles. The Balaban J connectivity index is 1.64. The van der Waals surface area contributed by atoms with Gasteiger partial charge in [-0.15, -0.1) is 0 Å². The molecule has 0 aromatic rings. The van der Waals surface area contributed by atoms with Crippen molar-refractivity contribution in [2.75, 3.05) is 78.7 Å². The zero-order chi connectivity index (χ0) is 14.2. The molecule has 0 radical (unpaired) electrons. The van der Waals surface area contributed by atoms with Gasteiger partial charge in [-0.1, -0.05) is 6.92 Å². The van der Waals surface area contributed by atoms with Crippen LogP contribution in [-0.2, 0) is 4.74 Å². The summed E-state index contributed by atoms with van der Waals surface area (Å²) in [5, 5.41) is 0. The summed E-state index contributed by atoms with van der Waals surface area (Å²) in [5.74, 6) is 0.620. The molecule has 5 heteroatoms. The molecule has 0 saturated carbocycles. The third kappa shape index (κ3) is 5.66. The monoisotopic (exact) mass is 284 g/mol. The summed E-state index contributed by atoms with van der Waals surface area (Å²) in [4.78, 5) is 7.75. The lowest BCUT2D eigenvalue weighted by molar-refractivity contribution is 0.0335. The average Bonchev–Trinajstić information content (AvgIpc) is 2.71. The average molecular weight is 284 g/mol. The summed E-state index contributed by atoms with van der Waals surface area (Å²) in [6.07, 6.45) is 1.29. The van der Waals surface area contributed by atoms with E-state index < -0.39 is 0 Å². The van der Waals surface area contributed by atoms with Crippen LogP contribution in [0.3, 0.4) is 0 Å². The van der Waals surface area contributed by atoms with Crippen LogP contribution in [-0.4, -0.2) is 93.4 Å². The summed E-state index contributed by atoms with van der Waals surface area (Å²) in [5.41, 5.74) is 5.73. The maximum absolute atomic E-state index is 5.73. The van der Waals surface area contributed by atoms with E-state index in [4.69, 9.17) is 10.5 Å². The molecule has 1 atom stereocenters. The molecule has 0 amide bonds. The molecule has 2 aliphatic rings. The highest BCUT2D eigenvalue weighted by molar-refractivity contribution is 4.73. The van der Waals surface area contributed by atoms with E-state index in [0.29, 0.717) is 5.92 Å². The van der Waals surface area contributed by atoms with E-state index in [1.807, 2.05) is 0 Å². The largest absolute Gasteiger partial charge is 0.379 e. The Bertz CT molecular complexity index is 258. The molecule has 0 bridgehead atoms. The molecule has 0 spiro atoms. The van der Waals surface area contributed by atoms with Crippen LogP contribution in [0.4, 0.5) is 0 Å². The predicted octanol–water partition coefficient (Wildman–Crippen LogP) is -0.0789. The number of nitrogens with zero attached hydrogens (tertiary/aromatic N) is 3. The van der Waals surface area contributed by atoms with Gasteiger partial charge in [-0.2, -0.15) is 0 Å². The van der Waals surface area contributed by atoms with Gasteiger partial charge in [0.05, 0.1) is 13.2 Å². The fraction of sp³-hybridized carbons (Fsp3) is 1.00. The molecule has 2 N–H and O–H groups in total. The number of morpholine rings is 1. The first-order valence-electron chi connectivity index (χ1n) is 8.23. The van der Waals surface area contributed by atoms with Gasteiger partial charge in [-0.3, -0.25) is 4.90 Å². The second kappa shape index (κ2) is 8.95. The Morgan fingerprint density at radius 3 is 2.20 bits per heavy atom. The number of hydrogen-bond donors (Lipinski definition) is 1. The first kappa shape index (κ1) is 16.2. The zero-order valence-electron chi connectivity index (χ0n) is 13.1. The molecule has 1 unspecified atom stereocenters. The van der Waals surface area contributed by atoms with Crippen LogP contribution in [0.25, 0.3) is 0 Å². The molecule has 2 saturated heterocycles.